The molecule has 0 unspecified atom stereocenters. The van der Waals surface area contributed by atoms with E-state index < -0.39 is 0 Å². The van der Waals surface area contributed by atoms with Crippen LogP contribution in [0.1, 0.15) is 52.0 Å². The first-order valence-corrected chi connectivity index (χ1v) is 7.86. The summed E-state index contributed by atoms with van der Waals surface area (Å²) in [7, 11) is 1.45. The molecule has 0 aliphatic carbocycles. The molecule has 1 aliphatic rings. The third-order valence-corrected chi connectivity index (χ3v) is 4.64. The molecule has 0 saturated heterocycles. The lowest BCUT2D eigenvalue weighted by atomic mass is 9.79. The van der Waals surface area contributed by atoms with Gasteiger partial charge in [0, 0.05) is 16.2 Å². The second-order valence-corrected chi connectivity index (χ2v) is 6.87. The summed E-state index contributed by atoms with van der Waals surface area (Å²) in [6, 6.07) is 5.68. The maximum Gasteiger partial charge on any atom is 0.328 e. The van der Waals surface area contributed by atoms with Gasteiger partial charge in [0.2, 0.25) is 0 Å². The smallest absolute Gasteiger partial charge is 0.328 e. The lowest BCUT2D eigenvalue weighted by molar-refractivity contribution is -0.142. The molecule has 0 aromatic heterocycles. The summed E-state index contributed by atoms with van der Waals surface area (Å²) in [5.74, 6) is 0.237. The Bertz CT molecular complexity index is 542. The molecular weight excluding hydrogens is 286 g/mol. The molecule has 0 bridgehead atoms. The maximum absolute atomic E-state index is 12.2. The minimum atomic E-state index is -0.266. The number of fused-ring (bicyclic) bond motifs is 1. The van der Waals surface area contributed by atoms with Crippen LogP contribution in [-0.2, 0) is 9.53 Å². The lowest BCUT2D eigenvalue weighted by Gasteiger charge is -2.50. The quantitative estimate of drug-likeness (QED) is 0.776. The van der Waals surface area contributed by atoms with Gasteiger partial charge in [-0.3, -0.25) is 0 Å². The van der Waals surface area contributed by atoms with Gasteiger partial charge in [0.15, 0.2) is 0 Å². The average Bonchev–Trinajstić information content (AvgIpc) is 2.42. The third-order valence-electron chi connectivity index (χ3n) is 4.41. The highest BCUT2D eigenvalue weighted by molar-refractivity contribution is 6.30. The van der Waals surface area contributed by atoms with E-state index in [0.717, 1.165) is 17.1 Å². The maximum atomic E-state index is 12.2. The second kappa shape index (κ2) is 5.88. The summed E-state index contributed by atoms with van der Waals surface area (Å²) in [6.45, 7) is 8.61. The van der Waals surface area contributed by atoms with E-state index in [4.69, 9.17) is 16.3 Å². The molecule has 2 atom stereocenters. The van der Waals surface area contributed by atoms with Crippen LogP contribution in [0, 0.1) is 0 Å². The van der Waals surface area contributed by atoms with E-state index in [2.05, 4.69) is 25.7 Å². The Morgan fingerprint density at radius 2 is 2.19 bits per heavy atom. The van der Waals surface area contributed by atoms with E-state index in [9.17, 15) is 4.79 Å². The highest BCUT2D eigenvalue weighted by Gasteiger charge is 2.42. The zero-order valence-electron chi connectivity index (χ0n) is 13.4. The van der Waals surface area contributed by atoms with Crippen molar-refractivity contribution >= 4 is 23.3 Å². The Hall–Kier alpha value is -1.22. The number of methoxy groups -OCH3 is 1. The van der Waals surface area contributed by atoms with Gasteiger partial charge in [0.1, 0.15) is 6.04 Å². The molecule has 0 N–H and O–H groups in total. The van der Waals surface area contributed by atoms with Gasteiger partial charge in [0.25, 0.3) is 0 Å². The standard InChI is InChI=1S/C17H24ClNO2/c1-6-14(16(20)21-5)19-15-8-7-12(18)9-13(15)11(2)10-17(19,3)4/h7-9,11,14H,6,10H2,1-5H3/t11-,14+/m1/s1. The Kier molecular flexibility index (Phi) is 4.52. The molecule has 1 heterocycles. The van der Waals surface area contributed by atoms with Crippen molar-refractivity contribution in [3.63, 3.8) is 0 Å². The molecule has 21 heavy (non-hydrogen) atoms. The molecule has 4 heteroatoms. The van der Waals surface area contributed by atoms with Gasteiger partial charge in [-0.1, -0.05) is 25.4 Å². The summed E-state index contributed by atoms with van der Waals surface area (Å²) < 4.78 is 5.01. The number of benzene rings is 1. The lowest BCUT2D eigenvalue weighted by Crippen LogP contribution is -2.56. The normalized spacial score (nSPS) is 21.6. The minimum Gasteiger partial charge on any atom is -0.467 e. The Morgan fingerprint density at radius 3 is 2.76 bits per heavy atom. The summed E-state index contributed by atoms with van der Waals surface area (Å²) >= 11 is 6.15. The third kappa shape index (κ3) is 2.89. The highest BCUT2D eigenvalue weighted by Crippen LogP contribution is 2.45. The van der Waals surface area contributed by atoms with Crippen molar-refractivity contribution in [3.05, 3.63) is 28.8 Å². The number of esters is 1. The number of ether oxygens (including phenoxy) is 1. The van der Waals surface area contributed by atoms with E-state index in [1.807, 2.05) is 25.1 Å². The number of nitrogens with zero attached hydrogens (tertiary/aromatic N) is 1. The monoisotopic (exact) mass is 309 g/mol. The van der Waals surface area contributed by atoms with Gasteiger partial charge in [-0.15, -0.1) is 0 Å². The predicted molar refractivity (Wildman–Crippen MR) is 87.1 cm³/mol. The highest BCUT2D eigenvalue weighted by atomic mass is 35.5. The SMILES string of the molecule is CC[C@@H](C(=O)OC)N1c2ccc(Cl)cc2[C@H](C)CC1(C)C. The predicted octanol–water partition coefficient (Wildman–Crippen LogP) is 4.38. The van der Waals surface area contributed by atoms with Crippen molar-refractivity contribution in [2.75, 3.05) is 12.0 Å². The van der Waals surface area contributed by atoms with Crippen molar-refractivity contribution in [1.82, 2.24) is 0 Å². The average molecular weight is 310 g/mol. The van der Waals surface area contributed by atoms with Crippen LogP contribution in [0.5, 0.6) is 0 Å². The topological polar surface area (TPSA) is 29.5 Å². The molecule has 1 aliphatic heterocycles. The van der Waals surface area contributed by atoms with E-state index in [1.165, 1.54) is 12.7 Å². The zero-order chi connectivity index (χ0) is 15.8. The molecule has 0 saturated carbocycles. The summed E-state index contributed by atoms with van der Waals surface area (Å²) in [4.78, 5) is 14.4. The van der Waals surface area contributed by atoms with Crippen molar-refractivity contribution in [2.24, 2.45) is 0 Å². The summed E-state index contributed by atoms with van der Waals surface area (Å²) in [5.41, 5.74) is 2.21. The second-order valence-electron chi connectivity index (χ2n) is 6.44. The summed E-state index contributed by atoms with van der Waals surface area (Å²) in [6.07, 6.45) is 1.69. The molecule has 0 radical (unpaired) electrons. The van der Waals surface area contributed by atoms with Crippen molar-refractivity contribution in [3.8, 4) is 0 Å². The van der Waals surface area contributed by atoms with Crippen LogP contribution in [0.3, 0.4) is 0 Å². The zero-order valence-corrected chi connectivity index (χ0v) is 14.2. The first kappa shape index (κ1) is 16.2. The van der Waals surface area contributed by atoms with Crippen LogP contribution < -0.4 is 4.90 Å². The number of carbonyl (C=O) groups is 1. The van der Waals surface area contributed by atoms with Gasteiger partial charge in [-0.2, -0.15) is 0 Å². The Morgan fingerprint density at radius 1 is 1.52 bits per heavy atom. The number of hydrogen-bond acceptors (Lipinski definition) is 3. The van der Waals surface area contributed by atoms with Gasteiger partial charge in [-0.25, -0.2) is 4.79 Å². The Balaban J connectivity index is 2.57. The van der Waals surface area contributed by atoms with Crippen molar-refractivity contribution in [1.29, 1.82) is 0 Å². The van der Waals surface area contributed by atoms with Crippen molar-refractivity contribution in [2.45, 2.75) is 58.0 Å². The molecule has 1 aromatic carbocycles. The van der Waals surface area contributed by atoms with E-state index in [-0.39, 0.29) is 17.6 Å². The van der Waals surface area contributed by atoms with Crippen LogP contribution in [-0.4, -0.2) is 24.7 Å². The molecule has 116 valence electrons. The van der Waals surface area contributed by atoms with E-state index in [0.29, 0.717) is 12.3 Å². The van der Waals surface area contributed by atoms with Crippen LogP contribution in [0.25, 0.3) is 0 Å². The molecule has 2 rings (SSSR count). The van der Waals surface area contributed by atoms with Gasteiger partial charge >= 0.3 is 5.97 Å². The molecule has 1 aromatic rings. The molecule has 0 fully saturated rings. The van der Waals surface area contributed by atoms with Crippen molar-refractivity contribution < 1.29 is 9.53 Å². The summed E-state index contributed by atoms with van der Waals surface area (Å²) in [5, 5.41) is 0.742. The molecule has 0 spiro atoms. The number of hydrogen-bond donors (Lipinski definition) is 0. The fourth-order valence-electron chi connectivity index (χ4n) is 3.60. The van der Waals surface area contributed by atoms with Crippen LogP contribution in [0.4, 0.5) is 5.69 Å². The Labute approximate surface area is 132 Å². The molecule has 3 nitrogen and oxygen atoms in total. The minimum absolute atomic E-state index is 0.102. The number of rotatable bonds is 3. The van der Waals surface area contributed by atoms with E-state index >= 15 is 0 Å². The van der Waals surface area contributed by atoms with Crippen LogP contribution in [0.2, 0.25) is 5.02 Å². The molecule has 0 amide bonds. The van der Waals surface area contributed by atoms with Crippen LogP contribution in [0.15, 0.2) is 18.2 Å². The fraction of sp³-hybridized carbons (Fsp3) is 0.588. The number of halogens is 1. The van der Waals surface area contributed by atoms with Gasteiger partial charge in [0.05, 0.1) is 7.11 Å². The largest absolute Gasteiger partial charge is 0.467 e. The van der Waals surface area contributed by atoms with Crippen LogP contribution >= 0.6 is 11.6 Å². The van der Waals surface area contributed by atoms with E-state index in [1.54, 1.807) is 0 Å². The number of carbonyl (C=O) groups excluding carboxylic acids is 1. The fourth-order valence-corrected chi connectivity index (χ4v) is 3.78. The first-order valence-electron chi connectivity index (χ1n) is 7.48. The number of anilines is 1. The van der Waals surface area contributed by atoms with Gasteiger partial charge in [-0.05, 0) is 56.4 Å². The van der Waals surface area contributed by atoms with Gasteiger partial charge < -0.3 is 9.64 Å². The first-order chi connectivity index (χ1) is 9.81. The molecular formula is C17H24ClNO2.